The van der Waals surface area contributed by atoms with Crippen molar-refractivity contribution in [3.8, 4) is 17.4 Å². The minimum atomic E-state index is -0.424. The molecular weight excluding hydrogens is 654 g/mol. The van der Waals surface area contributed by atoms with E-state index >= 15 is 0 Å². The van der Waals surface area contributed by atoms with Gasteiger partial charge in [0.15, 0.2) is 11.2 Å². The van der Waals surface area contributed by atoms with Crippen molar-refractivity contribution in [2.45, 2.75) is 72.4 Å². The van der Waals surface area contributed by atoms with Crippen molar-refractivity contribution in [3.05, 3.63) is 61.8 Å². The number of anilines is 1. The quantitative estimate of drug-likeness (QED) is 0.237. The highest BCUT2D eigenvalue weighted by Gasteiger charge is 2.69. The van der Waals surface area contributed by atoms with Gasteiger partial charge in [-0.1, -0.05) is 20.8 Å². The van der Waals surface area contributed by atoms with Gasteiger partial charge in [-0.2, -0.15) is 0 Å². The molecule has 2 bridgehead atoms. The van der Waals surface area contributed by atoms with E-state index in [9.17, 15) is 19.2 Å². The van der Waals surface area contributed by atoms with Crippen molar-refractivity contribution >= 4 is 28.7 Å². The Morgan fingerprint density at radius 1 is 1.06 bits per heavy atom. The molecule has 5 heterocycles. The Bertz CT molecular complexity index is 2120. The molecule has 0 atom stereocenters. The minimum absolute atomic E-state index is 0.0262. The molecule has 2 amide bonds. The zero-order valence-corrected chi connectivity index (χ0v) is 30.0. The summed E-state index contributed by atoms with van der Waals surface area (Å²) in [5.41, 5.74) is 1.93. The number of aromatic amines is 1. The summed E-state index contributed by atoms with van der Waals surface area (Å²) in [5.74, 6) is 0.526. The van der Waals surface area contributed by atoms with E-state index in [4.69, 9.17) is 14.6 Å². The average molecular weight is 700 g/mol. The van der Waals surface area contributed by atoms with Gasteiger partial charge in [-0.25, -0.2) is 4.98 Å². The van der Waals surface area contributed by atoms with Gasteiger partial charge in [-0.15, -0.1) is 15.0 Å². The maximum atomic E-state index is 14.4. The summed E-state index contributed by atoms with van der Waals surface area (Å²) in [6, 6.07) is 3.38. The summed E-state index contributed by atoms with van der Waals surface area (Å²) in [6.45, 7) is 11.3. The van der Waals surface area contributed by atoms with Crippen LogP contribution in [0.2, 0.25) is 0 Å². The number of hydrogen-bond donors (Lipinski definition) is 2. The van der Waals surface area contributed by atoms with Gasteiger partial charge >= 0.3 is 0 Å². The lowest BCUT2D eigenvalue weighted by molar-refractivity contribution is -0.187. The molecule has 4 aromatic rings. The van der Waals surface area contributed by atoms with Gasteiger partial charge < -0.3 is 34.1 Å². The lowest BCUT2D eigenvalue weighted by atomic mass is 9.36. The van der Waals surface area contributed by atoms with Crippen LogP contribution in [0.5, 0.6) is 11.8 Å². The second kappa shape index (κ2) is 12.8. The number of pyridine rings is 3. The Kier molecular flexibility index (Phi) is 8.62. The number of nitrogens with zero attached hydrogens (tertiary/aromatic N) is 7. The third kappa shape index (κ3) is 5.72. The highest BCUT2D eigenvalue weighted by molar-refractivity contribution is 5.96. The second-order valence-corrected chi connectivity index (χ2v) is 14.4. The first-order valence-corrected chi connectivity index (χ1v) is 17.7. The van der Waals surface area contributed by atoms with Crippen LogP contribution in [0.1, 0.15) is 68.6 Å². The Morgan fingerprint density at radius 2 is 1.78 bits per heavy atom. The number of hydrogen-bond acceptors (Lipinski definition) is 10. The summed E-state index contributed by atoms with van der Waals surface area (Å²) < 4.78 is 12.7. The fourth-order valence-corrected chi connectivity index (χ4v) is 8.18. The molecule has 8 rings (SSSR count). The molecule has 2 N–H and O–H groups in total. The van der Waals surface area contributed by atoms with Crippen molar-refractivity contribution in [2.75, 3.05) is 44.8 Å². The number of ether oxygens (including phenoxy) is 2. The number of H-pyrrole nitrogens is 1. The number of carbonyl (C=O) groups excluding carboxylic acids is 2. The van der Waals surface area contributed by atoms with E-state index in [1.54, 1.807) is 37.1 Å². The zero-order valence-electron chi connectivity index (χ0n) is 30.0. The van der Waals surface area contributed by atoms with Gasteiger partial charge in [0.1, 0.15) is 17.8 Å². The van der Waals surface area contributed by atoms with Crippen molar-refractivity contribution in [3.63, 3.8) is 0 Å². The highest BCUT2D eigenvalue weighted by atomic mass is 16.5. The van der Waals surface area contributed by atoms with Crippen LogP contribution in [0.15, 0.2) is 34.1 Å². The number of piperazine rings is 1. The largest absolute Gasteiger partial charge is 0.481 e. The van der Waals surface area contributed by atoms with E-state index in [1.807, 2.05) is 16.4 Å². The third-order valence-electron chi connectivity index (χ3n) is 11.0. The maximum Gasteiger partial charge on any atom is 0.263 e. The van der Waals surface area contributed by atoms with Crippen LogP contribution >= 0.6 is 0 Å². The monoisotopic (exact) mass is 699 g/mol. The number of aryl methyl sites for hydroxylation is 1. The summed E-state index contributed by atoms with van der Waals surface area (Å²) in [7, 11) is 1.51. The molecule has 0 spiro atoms. The van der Waals surface area contributed by atoms with Gasteiger partial charge in [0, 0.05) is 61.4 Å². The molecule has 4 aromatic heterocycles. The standard InChI is InChI=1S/C36H45N9O6/c1-7-24-29(42-11-13-43(14-12-42)34(49)27-30(47)22(5)16-38-33(27)51-8-2)31(48)28-32(41-45(40-28)23-9-10-37-26(15-23)50-6)44(24)17-25(46)39-36-18-35(19-36,20-36)21(3)4/h9-10,15-16,21H,7-8,11-14,17-20H2,1-6H3,(H,38,47)(H,39,46). The predicted octanol–water partition coefficient (Wildman–Crippen LogP) is 2.60. The molecule has 51 heavy (non-hydrogen) atoms. The Hall–Kier alpha value is -5.21. The van der Waals surface area contributed by atoms with Crippen LogP contribution < -0.4 is 30.5 Å². The van der Waals surface area contributed by atoms with Gasteiger partial charge in [0.25, 0.3) is 5.91 Å². The van der Waals surface area contributed by atoms with Crippen LogP contribution in [-0.4, -0.2) is 91.7 Å². The van der Waals surface area contributed by atoms with Crippen molar-refractivity contribution in [1.82, 2.24) is 39.7 Å². The first kappa shape index (κ1) is 34.2. The van der Waals surface area contributed by atoms with Crippen molar-refractivity contribution < 1.29 is 19.1 Å². The molecule has 4 aliphatic rings. The Morgan fingerprint density at radius 3 is 2.43 bits per heavy atom. The zero-order chi connectivity index (χ0) is 36.2. The maximum absolute atomic E-state index is 14.4. The summed E-state index contributed by atoms with van der Waals surface area (Å²) in [5, 5.41) is 12.7. The Balaban J connectivity index is 1.22. The van der Waals surface area contributed by atoms with Gasteiger partial charge in [0.2, 0.25) is 28.5 Å². The van der Waals surface area contributed by atoms with E-state index in [-0.39, 0.29) is 58.9 Å². The molecule has 3 saturated carbocycles. The lowest BCUT2D eigenvalue weighted by Gasteiger charge is -2.72. The summed E-state index contributed by atoms with van der Waals surface area (Å²) in [4.78, 5) is 66.9. The number of amides is 2. The molecule has 4 fully saturated rings. The fourth-order valence-electron chi connectivity index (χ4n) is 8.18. The molecule has 1 saturated heterocycles. The first-order chi connectivity index (χ1) is 24.4. The van der Waals surface area contributed by atoms with Crippen LogP contribution in [0.25, 0.3) is 16.9 Å². The van der Waals surface area contributed by atoms with Gasteiger partial charge in [0.05, 0.1) is 19.4 Å². The summed E-state index contributed by atoms with van der Waals surface area (Å²) in [6.07, 6.45) is 6.51. The molecule has 0 aromatic carbocycles. The molecule has 0 unspecified atom stereocenters. The second-order valence-electron chi connectivity index (χ2n) is 14.4. The fraction of sp³-hybridized carbons (Fsp3) is 0.528. The molecule has 15 nitrogen and oxygen atoms in total. The van der Waals surface area contributed by atoms with Crippen LogP contribution in [-0.2, 0) is 17.8 Å². The van der Waals surface area contributed by atoms with Crippen LogP contribution in [0.3, 0.4) is 0 Å². The normalized spacial score (nSPS) is 21.0. The number of methoxy groups -OCH3 is 1. The predicted molar refractivity (Wildman–Crippen MR) is 190 cm³/mol. The molecule has 0 radical (unpaired) electrons. The number of carbonyl (C=O) groups is 2. The minimum Gasteiger partial charge on any atom is -0.481 e. The number of nitrogens with one attached hydrogen (secondary N) is 2. The summed E-state index contributed by atoms with van der Waals surface area (Å²) >= 11 is 0. The molecule has 1 aliphatic heterocycles. The van der Waals surface area contributed by atoms with Gasteiger partial charge in [-0.05, 0) is 56.9 Å². The van der Waals surface area contributed by atoms with E-state index in [0.717, 1.165) is 19.3 Å². The smallest absolute Gasteiger partial charge is 0.263 e. The van der Waals surface area contributed by atoms with Crippen molar-refractivity contribution in [1.29, 1.82) is 0 Å². The average Bonchev–Trinajstić information content (AvgIpc) is 3.55. The molecule has 3 aliphatic carbocycles. The van der Waals surface area contributed by atoms with Gasteiger partial charge in [-0.3, -0.25) is 19.2 Å². The Labute approximate surface area is 294 Å². The number of rotatable bonds is 11. The molecular formula is C36H45N9O6. The molecule has 270 valence electrons. The van der Waals surface area contributed by atoms with Crippen LogP contribution in [0.4, 0.5) is 5.69 Å². The topological polar surface area (TPSA) is 170 Å². The third-order valence-corrected chi connectivity index (χ3v) is 11.0. The lowest BCUT2D eigenvalue weighted by Crippen LogP contribution is -2.76. The van der Waals surface area contributed by atoms with E-state index < -0.39 is 5.91 Å². The van der Waals surface area contributed by atoms with Crippen molar-refractivity contribution in [2.24, 2.45) is 11.3 Å². The number of aromatic nitrogens is 6. The highest BCUT2D eigenvalue weighted by Crippen LogP contribution is 2.70. The first-order valence-electron chi connectivity index (χ1n) is 17.7. The van der Waals surface area contributed by atoms with E-state index in [2.05, 4.69) is 34.2 Å². The SMILES string of the molecule is CCOc1[nH]cc(C)c(=O)c1C(=O)N1CCN(c2c(CC)n(CC(=O)NC34CC(C(C)C)(C3)C4)c3nn(-c4ccnc(OC)c4)nc3c2=O)CC1. The number of fused-ring (bicyclic) bond motifs is 1. The molecule has 15 heteroatoms. The van der Waals surface area contributed by atoms with Crippen LogP contribution in [0, 0.1) is 18.3 Å². The van der Waals surface area contributed by atoms with E-state index in [1.165, 1.54) is 18.1 Å². The van der Waals surface area contributed by atoms with E-state index in [0.29, 0.717) is 71.6 Å².